The summed E-state index contributed by atoms with van der Waals surface area (Å²) in [6.45, 7) is 1.10. The van der Waals surface area contributed by atoms with E-state index in [1.807, 2.05) is 30.3 Å². The monoisotopic (exact) mass is 369 g/mol. The Morgan fingerprint density at radius 1 is 0.962 bits per heavy atom. The third-order valence-corrected chi connectivity index (χ3v) is 6.28. The van der Waals surface area contributed by atoms with Gasteiger partial charge in [-0.1, -0.05) is 36.4 Å². The molecule has 1 saturated heterocycles. The molecule has 0 atom stereocenters. The van der Waals surface area contributed by atoms with Crippen molar-refractivity contribution in [2.24, 2.45) is 0 Å². The molecule has 1 fully saturated rings. The van der Waals surface area contributed by atoms with Crippen molar-refractivity contribution in [1.82, 2.24) is 4.90 Å². The highest BCUT2D eigenvalue weighted by Gasteiger charge is 2.34. The molecule has 26 heavy (non-hydrogen) atoms. The molecule has 2 aromatic rings. The van der Waals surface area contributed by atoms with Gasteiger partial charge >= 0.3 is 0 Å². The highest BCUT2D eigenvalue weighted by Crippen LogP contribution is 2.34. The molecule has 2 aliphatic rings. The zero-order valence-corrected chi connectivity index (χ0v) is 15.0. The second kappa shape index (κ2) is 6.61. The number of ether oxygens (including phenoxy) is 1. The highest BCUT2D eigenvalue weighted by atomic mass is 32.2. The molecule has 0 saturated carbocycles. The maximum atomic E-state index is 12.9. The average molecular weight is 369 g/mol. The molecule has 4 rings (SSSR count). The minimum Gasteiger partial charge on any atom is -0.490 e. The average Bonchev–Trinajstić information content (AvgIpc) is 2.94. The van der Waals surface area contributed by atoms with E-state index in [4.69, 9.17) is 4.74 Å². The van der Waals surface area contributed by atoms with Gasteiger partial charge in [0.15, 0.2) is 0 Å². The molecule has 0 radical (unpaired) electrons. The number of fused-ring (bicyclic) bond motifs is 1. The summed E-state index contributed by atoms with van der Waals surface area (Å²) in [5.41, 5.74) is 0.767. The molecule has 0 aromatic heterocycles. The van der Waals surface area contributed by atoms with Crippen LogP contribution in [0, 0.1) is 0 Å². The van der Waals surface area contributed by atoms with E-state index >= 15 is 0 Å². The van der Waals surface area contributed by atoms with Crippen LogP contribution in [0.1, 0.15) is 18.4 Å². The Hall–Kier alpha value is -2.60. The van der Waals surface area contributed by atoms with Gasteiger partial charge in [0.2, 0.25) is 9.84 Å². The van der Waals surface area contributed by atoms with E-state index in [1.54, 1.807) is 29.2 Å². The lowest BCUT2D eigenvalue weighted by molar-refractivity contribution is -0.126. The SMILES string of the molecule is O=C(C1=CS(=O)(=O)c2ccccc21)N1CCC(Oc2ccccc2)CC1. The molecule has 2 heterocycles. The number of likely N-dealkylation sites (tertiary alicyclic amines) is 1. The Balaban J connectivity index is 1.45. The predicted octanol–water partition coefficient (Wildman–Crippen LogP) is 2.88. The quantitative estimate of drug-likeness (QED) is 0.835. The van der Waals surface area contributed by atoms with Gasteiger partial charge in [-0.3, -0.25) is 4.79 Å². The Morgan fingerprint density at radius 3 is 2.35 bits per heavy atom. The van der Waals surface area contributed by atoms with E-state index in [9.17, 15) is 13.2 Å². The number of amides is 1. The van der Waals surface area contributed by atoms with Crippen LogP contribution in [0.2, 0.25) is 0 Å². The number of carbonyl (C=O) groups is 1. The summed E-state index contributed by atoms with van der Waals surface area (Å²) in [5.74, 6) is 0.604. The Morgan fingerprint density at radius 2 is 1.62 bits per heavy atom. The van der Waals surface area contributed by atoms with Crippen LogP contribution in [0.3, 0.4) is 0 Å². The van der Waals surface area contributed by atoms with Gasteiger partial charge < -0.3 is 9.64 Å². The maximum Gasteiger partial charge on any atom is 0.255 e. The molecule has 5 nitrogen and oxygen atoms in total. The standard InChI is InChI=1S/C20H19NO4S/c22-20(18-14-26(23,24)19-9-5-4-8-17(18)19)21-12-10-16(11-13-21)25-15-6-2-1-3-7-15/h1-9,14,16H,10-13H2. The first-order chi connectivity index (χ1) is 12.5. The van der Waals surface area contributed by atoms with E-state index in [2.05, 4.69) is 0 Å². The van der Waals surface area contributed by atoms with Crippen molar-refractivity contribution in [3.8, 4) is 5.75 Å². The number of hydrogen-bond acceptors (Lipinski definition) is 4. The van der Waals surface area contributed by atoms with Crippen LogP contribution in [-0.2, 0) is 14.6 Å². The van der Waals surface area contributed by atoms with Crippen molar-refractivity contribution < 1.29 is 17.9 Å². The van der Waals surface area contributed by atoms with Gasteiger partial charge in [-0.2, -0.15) is 0 Å². The Bertz CT molecular complexity index is 958. The fourth-order valence-electron chi connectivity index (χ4n) is 3.42. The summed E-state index contributed by atoms with van der Waals surface area (Å²) in [4.78, 5) is 14.8. The normalized spacial score (nSPS) is 18.9. The number of nitrogens with zero attached hydrogens (tertiary/aromatic N) is 1. The number of para-hydroxylation sites is 1. The maximum absolute atomic E-state index is 12.9. The fourth-order valence-corrected chi connectivity index (χ4v) is 4.84. The van der Waals surface area contributed by atoms with Crippen LogP contribution in [0.15, 0.2) is 64.9 Å². The van der Waals surface area contributed by atoms with Gasteiger partial charge in [0, 0.05) is 36.9 Å². The van der Waals surface area contributed by atoms with Gasteiger partial charge in [0.05, 0.1) is 10.5 Å². The van der Waals surface area contributed by atoms with E-state index in [0.29, 0.717) is 18.7 Å². The smallest absolute Gasteiger partial charge is 0.255 e. The Labute approximate surface area is 152 Å². The minimum absolute atomic E-state index is 0.0648. The Kier molecular flexibility index (Phi) is 4.28. The first-order valence-electron chi connectivity index (χ1n) is 8.62. The molecular weight excluding hydrogens is 350 g/mol. The summed E-state index contributed by atoms with van der Waals surface area (Å²) in [7, 11) is -3.52. The number of hydrogen-bond donors (Lipinski definition) is 0. The number of carbonyl (C=O) groups excluding carboxylic acids is 1. The fraction of sp³-hybridized carbons (Fsp3) is 0.250. The first kappa shape index (κ1) is 16.8. The third kappa shape index (κ3) is 3.12. The highest BCUT2D eigenvalue weighted by molar-refractivity contribution is 7.95. The van der Waals surface area contributed by atoms with Gasteiger partial charge in [-0.05, 0) is 18.2 Å². The summed E-state index contributed by atoms with van der Waals surface area (Å²) in [6, 6.07) is 16.3. The van der Waals surface area contributed by atoms with Gasteiger partial charge in [0.25, 0.3) is 5.91 Å². The van der Waals surface area contributed by atoms with E-state index < -0.39 is 9.84 Å². The van der Waals surface area contributed by atoms with Crippen LogP contribution in [0.5, 0.6) is 5.75 Å². The van der Waals surface area contributed by atoms with E-state index in [-0.39, 0.29) is 22.5 Å². The van der Waals surface area contributed by atoms with Crippen molar-refractivity contribution in [2.45, 2.75) is 23.8 Å². The van der Waals surface area contributed by atoms with Crippen LogP contribution in [-0.4, -0.2) is 38.4 Å². The topological polar surface area (TPSA) is 63.7 Å². The van der Waals surface area contributed by atoms with Crippen molar-refractivity contribution in [3.05, 3.63) is 65.6 Å². The first-order valence-corrected chi connectivity index (χ1v) is 10.2. The predicted molar refractivity (Wildman–Crippen MR) is 98.3 cm³/mol. The van der Waals surface area contributed by atoms with E-state index in [1.165, 1.54) is 0 Å². The zero-order chi connectivity index (χ0) is 18.1. The lowest BCUT2D eigenvalue weighted by Gasteiger charge is -2.32. The van der Waals surface area contributed by atoms with Crippen LogP contribution >= 0.6 is 0 Å². The summed E-state index contributed by atoms with van der Waals surface area (Å²) < 4.78 is 30.4. The molecule has 0 spiro atoms. The van der Waals surface area contributed by atoms with Crippen molar-refractivity contribution in [1.29, 1.82) is 0 Å². The van der Waals surface area contributed by atoms with Gasteiger partial charge in [-0.15, -0.1) is 0 Å². The molecule has 0 aliphatic carbocycles. The van der Waals surface area contributed by atoms with Crippen molar-refractivity contribution >= 4 is 21.3 Å². The van der Waals surface area contributed by atoms with Crippen LogP contribution in [0.25, 0.3) is 5.57 Å². The molecule has 0 N–H and O–H groups in total. The molecule has 6 heteroatoms. The number of sulfone groups is 1. The van der Waals surface area contributed by atoms with Gasteiger partial charge in [0.1, 0.15) is 11.9 Å². The molecule has 2 aliphatic heterocycles. The zero-order valence-electron chi connectivity index (χ0n) is 14.2. The lowest BCUT2D eigenvalue weighted by Crippen LogP contribution is -2.42. The van der Waals surface area contributed by atoms with E-state index in [0.717, 1.165) is 24.0 Å². The summed E-state index contributed by atoms with van der Waals surface area (Å²) in [5, 5.41) is 1.10. The lowest BCUT2D eigenvalue weighted by atomic mass is 10.0. The van der Waals surface area contributed by atoms with Crippen molar-refractivity contribution in [2.75, 3.05) is 13.1 Å². The molecule has 1 amide bonds. The molecular formula is C20H19NO4S. The molecule has 0 bridgehead atoms. The minimum atomic E-state index is -3.52. The largest absolute Gasteiger partial charge is 0.490 e. The second-order valence-electron chi connectivity index (χ2n) is 6.50. The number of piperidine rings is 1. The second-order valence-corrected chi connectivity index (χ2v) is 8.26. The molecule has 2 aromatic carbocycles. The van der Waals surface area contributed by atoms with Gasteiger partial charge in [-0.25, -0.2) is 8.42 Å². The summed E-state index contributed by atoms with van der Waals surface area (Å²) in [6.07, 6.45) is 1.51. The number of benzene rings is 2. The molecule has 134 valence electrons. The third-order valence-electron chi connectivity index (χ3n) is 4.76. The molecule has 0 unspecified atom stereocenters. The van der Waals surface area contributed by atoms with Crippen LogP contribution in [0.4, 0.5) is 0 Å². The van der Waals surface area contributed by atoms with Crippen LogP contribution < -0.4 is 4.74 Å². The van der Waals surface area contributed by atoms with Crippen molar-refractivity contribution in [3.63, 3.8) is 0 Å². The summed E-state index contributed by atoms with van der Waals surface area (Å²) >= 11 is 0. The number of rotatable bonds is 3.